The standard InChI is InChI=1S/C18H18ClN3O2/c1-12(13-7-3-4-8-14(13)19)20-17(23)11-22-16-10-6-5-9-15(16)21(2)18(22)24/h3-10,12H,11H2,1-2H3,(H,20,23)/t12-/m1/s1. The van der Waals surface area contributed by atoms with Crippen molar-refractivity contribution in [2.24, 2.45) is 7.05 Å². The zero-order valence-corrected chi connectivity index (χ0v) is 14.2. The van der Waals surface area contributed by atoms with Crippen molar-refractivity contribution in [2.45, 2.75) is 19.5 Å². The summed E-state index contributed by atoms with van der Waals surface area (Å²) in [4.78, 5) is 24.7. The summed E-state index contributed by atoms with van der Waals surface area (Å²) in [6.07, 6.45) is 0. The first-order chi connectivity index (χ1) is 11.5. The van der Waals surface area contributed by atoms with E-state index in [1.54, 1.807) is 17.7 Å². The molecule has 6 heteroatoms. The van der Waals surface area contributed by atoms with E-state index in [2.05, 4.69) is 5.32 Å². The fourth-order valence-corrected chi connectivity index (χ4v) is 3.15. The monoisotopic (exact) mass is 343 g/mol. The van der Waals surface area contributed by atoms with Crippen LogP contribution in [0.4, 0.5) is 0 Å². The quantitative estimate of drug-likeness (QED) is 0.792. The molecule has 0 unspecified atom stereocenters. The molecule has 1 aromatic heterocycles. The van der Waals surface area contributed by atoms with Gasteiger partial charge >= 0.3 is 5.69 Å². The molecule has 0 aliphatic heterocycles. The number of hydrogen-bond acceptors (Lipinski definition) is 2. The molecule has 0 saturated carbocycles. The van der Waals surface area contributed by atoms with Gasteiger partial charge in [-0.25, -0.2) is 4.79 Å². The molecule has 0 radical (unpaired) electrons. The minimum atomic E-state index is -0.239. The lowest BCUT2D eigenvalue weighted by Crippen LogP contribution is -2.34. The summed E-state index contributed by atoms with van der Waals surface area (Å²) >= 11 is 6.16. The fourth-order valence-electron chi connectivity index (χ4n) is 2.85. The predicted molar refractivity (Wildman–Crippen MR) is 95.2 cm³/mol. The number of carbonyl (C=O) groups is 1. The zero-order chi connectivity index (χ0) is 17.3. The number of halogens is 1. The average Bonchev–Trinajstić information content (AvgIpc) is 2.80. The molecule has 24 heavy (non-hydrogen) atoms. The van der Waals surface area contributed by atoms with Crippen LogP contribution in [0.3, 0.4) is 0 Å². The lowest BCUT2D eigenvalue weighted by atomic mass is 10.1. The van der Waals surface area contributed by atoms with Crippen molar-refractivity contribution in [1.29, 1.82) is 0 Å². The van der Waals surface area contributed by atoms with Gasteiger partial charge in [-0.3, -0.25) is 13.9 Å². The van der Waals surface area contributed by atoms with E-state index in [9.17, 15) is 9.59 Å². The van der Waals surface area contributed by atoms with E-state index >= 15 is 0 Å². The van der Waals surface area contributed by atoms with Crippen LogP contribution >= 0.6 is 11.6 Å². The molecule has 0 aliphatic carbocycles. The Bertz CT molecular complexity index is 958. The smallest absolute Gasteiger partial charge is 0.329 e. The number of aryl methyl sites for hydroxylation is 1. The second-order valence-corrected chi connectivity index (χ2v) is 6.13. The number of amides is 1. The Morgan fingerprint density at radius 2 is 1.75 bits per heavy atom. The molecule has 1 atom stereocenters. The van der Waals surface area contributed by atoms with Gasteiger partial charge in [0.2, 0.25) is 5.91 Å². The summed E-state index contributed by atoms with van der Waals surface area (Å²) in [5.74, 6) is -0.235. The number of fused-ring (bicyclic) bond motifs is 1. The third-order valence-electron chi connectivity index (χ3n) is 4.10. The Morgan fingerprint density at radius 3 is 2.46 bits per heavy atom. The van der Waals surface area contributed by atoms with Gasteiger partial charge in [0.1, 0.15) is 6.54 Å². The van der Waals surface area contributed by atoms with E-state index in [1.165, 1.54) is 4.57 Å². The van der Waals surface area contributed by atoms with Crippen molar-refractivity contribution in [3.05, 3.63) is 69.6 Å². The van der Waals surface area contributed by atoms with Gasteiger partial charge in [-0.2, -0.15) is 0 Å². The maximum Gasteiger partial charge on any atom is 0.329 e. The molecule has 0 fully saturated rings. The molecule has 0 spiro atoms. The molecule has 0 saturated heterocycles. The van der Waals surface area contributed by atoms with Crippen molar-refractivity contribution in [3.63, 3.8) is 0 Å². The van der Waals surface area contributed by atoms with Crippen LogP contribution in [0.25, 0.3) is 11.0 Å². The van der Waals surface area contributed by atoms with Crippen LogP contribution in [-0.2, 0) is 18.4 Å². The Balaban J connectivity index is 1.82. The summed E-state index contributed by atoms with van der Waals surface area (Å²) in [7, 11) is 1.70. The Labute approximate surface area is 144 Å². The minimum Gasteiger partial charge on any atom is -0.348 e. The molecule has 2 aromatic carbocycles. The highest BCUT2D eigenvalue weighted by Gasteiger charge is 2.16. The summed E-state index contributed by atoms with van der Waals surface area (Å²) in [5.41, 5.74) is 2.18. The van der Waals surface area contributed by atoms with E-state index in [1.807, 2.05) is 49.4 Å². The number of carbonyl (C=O) groups excluding carboxylic acids is 1. The molecule has 1 N–H and O–H groups in total. The first-order valence-electron chi connectivity index (χ1n) is 7.67. The van der Waals surface area contributed by atoms with Crippen molar-refractivity contribution >= 4 is 28.5 Å². The highest BCUT2D eigenvalue weighted by Crippen LogP contribution is 2.22. The SMILES string of the molecule is C[C@@H](NC(=O)Cn1c(=O)n(C)c2ccccc21)c1ccccc1Cl. The van der Waals surface area contributed by atoms with Crippen molar-refractivity contribution in [1.82, 2.24) is 14.5 Å². The number of aromatic nitrogens is 2. The number of imidazole rings is 1. The van der Waals surface area contributed by atoms with Crippen molar-refractivity contribution in [3.8, 4) is 0 Å². The lowest BCUT2D eigenvalue weighted by molar-refractivity contribution is -0.122. The topological polar surface area (TPSA) is 56.0 Å². The maximum atomic E-state index is 12.4. The largest absolute Gasteiger partial charge is 0.348 e. The maximum absolute atomic E-state index is 12.4. The van der Waals surface area contributed by atoms with Crippen molar-refractivity contribution < 1.29 is 4.79 Å². The molecular formula is C18H18ClN3O2. The summed E-state index contributed by atoms with van der Waals surface area (Å²) in [6.45, 7) is 1.83. The molecule has 5 nitrogen and oxygen atoms in total. The number of rotatable bonds is 4. The van der Waals surface area contributed by atoms with Crippen LogP contribution in [-0.4, -0.2) is 15.0 Å². The summed E-state index contributed by atoms with van der Waals surface area (Å²) < 4.78 is 3.02. The number of hydrogen-bond donors (Lipinski definition) is 1. The molecular weight excluding hydrogens is 326 g/mol. The van der Waals surface area contributed by atoms with E-state index in [4.69, 9.17) is 11.6 Å². The normalized spacial score (nSPS) is 12.3. The second kappa shape index (κ2) is 6.53. The summed E-state index contributed by atoms with van der Waals surface area (Å²) in [5, 5.41) is 3.50. The zero-order valence-electron chi connectivity index (χ0n) is 13.5. The highest BCUT2D eigenvalue weighted by molar-refractivity contribution is 6.31. The Kier molecular flexibility index (Phi) is 4.44. The molecule has 3 aromatic rings. The van der Waals surface area contributed by atoms with Crippen LogP contribution < -0.4 is 11.0 Å². The van der Waals surface area contributed by atoms with E-state index in [0.29, 0.717) is 5.02 Å². The van der Waals surface area contributed by atoms with E-state index in [-0.39, 0.29) is 24.2 Å². The molecule has 0 bridgehead atoms. The predicted octanol–water partition coefficient (Wildman–Crippen LogP) is 2.87. The van der Waals surface area contributed by atoms with Crippen LogP contribution in [0.5, 0.6) is 0 Å². The van der Waals surface area contributed by atoms with Gasteiger partial charge in [0, 0.05) is 12.1 Å². The molecule has 1 amide bonds. The van der Waals surface area contributed by atoms with Crippen LogP contribution in [0.1, 0.15) is 18.5 Å². The number of nitrogens with one attached hydrogen (secondary N) is 1. The molecule has 1 heterocycles. The van der Waals surface area contributed by atoms with Gasteiger partial charge < -0.3 is 5.32 Å². The number of para-hydroxylation sites is 2. The third kappa shape index (κ3) is 2.95. The van der Waals surface area contributed by atoms with Crippen LogP contribution in [0, 0.1) is 0 Å². The van der Waals surface area contributed by atoms with Gasteiger partial charge in [0.05, 0.1) is 17.1 Å². The van der Waals surface area contributed by atoms with Gasteiger partial charge in [0.25, 0.3) is 0 Å². The lowest BCUT2D eigenvalue weighted by Gasteiger charge is -2.16. The van der Waals surface area contributed by atoms with E-state index in [0.717, 1.165) is 16.6 Å². The van der Waals surface area contributed by atoms with Crippen LogP contribution in [0.15, 0.2) is 53.3 Å². The molecule has 124 valence electrons. The van der Waals surface area contributed by atoms with Gasteiger partial charge in [-0.1, -0.05) is 41.9 Å². The minimum absolute atomic E-state index is 0.0328. The first-order valence-corrected chi connectivity index (χ1v) is 8.05. The van der Waals surface area contributed by atoms with Gasteiger partial charge in [-0.05, 0) is 30.7 Å². The molecule has 3 rings (SSSR count). The van der Waals surface area contributed by atoms with Crippen molar-refractivity contribution in [2.75, 3.05) is 0 Å². The average molecular weight is 344 g/mol. The summed E-state index contributed by atoms with van der Waals surface area (Å²) in [6, 6.07) is 14.5. The second-order valence-electron chi connectivity index (χ2n) is 5.73. The fraction of sp³-hybridized carbons (Fsp3) is 0.222. The Hall–Kier alpha value is -2.53. The van der Waals surface area contributed by atoms with Gasteiger partial charge in [-0.15, -0.1) is 0 Å². The van der Waals surface area contributed by atoms with Gasteiger partial charge in [0.15, 0.2) is 0 Å². The highest BCUT2D eigenvalue weighted by atomic mass is 35.5. The number of nitrogens with zero attached hydrogens (tertiary/aromatic N) is 2. The van der Waals surface area contributed by atoms with E-state index < -0.39 is 0 Å². The first kappa shape index (κ1) is 16.3. The Morgan fingerprint density at radius 1 is 1.12 bits per heavy atom. The van der Waals surface area contributed by atoms with Crippen LogP contribution in [0.2, 0.25) is 5.02 Å². The molecule has 0 aliphatic rings. The third-order valence-corrected chi connectivity index (χ3v) is 4.45. The number of benzene rings is 2.